The van der Waals surface area contributed by atoms with Crippen LogP contribution in [0, 0.1) is 5.41 Å². The van der Waals surface area contributed by atoms with Crippen LogP contribution < -0.4 is 4.74 Å². The standard InChI is InChI=1S/C28H29BrF6N2O3/c1-15-24(16-8-18(27(30,31)32)10-19(9-16)28(33,34)35)40-25(38)37(15)14-17-12-26(2,3)7-5-6-20(17)21-11-23(29)36-13-22(21)39-4/h8-11,13,15,24H,5-7,12,14H2,1-4H3. The van der Waals surface area contributed by atoms with Gasteiger partial charge in [-0.3, -0.25) is 4.90 Å². The Morgan fingerprint density at radius 3 is 2.30 bits per heavy atom. The van der Waals surface area contributed by atoms with E-state index in [0.29, 0.717) is 35.3 Å². The second kappa shape index (κ2) is 10.9. The van der Waals surface area contributed by atoms with Crippen LogP contribution in [0.15, 0.2) is 40.6 Å². The highest BCUT2D eigenvalue weighted by atomic mass is 79.9. The summed E-state index contributed by atoms with van der Waals surface area (Å²) in [4.78, 5) is 18.7. The van der Waals surface area contributed by atoms with Crippen molar-refractivity contribution in [3.63, 3.8) is 0 Å². The molecule has 0 bridgehead atoms. The molecule has 1 aromatic heterocycles. The van der Waals surface area contributed by atoms with Crippen LogP contribution in [-0.4, -0.2) is 35.7 Å². The van der Waals surface area contributed by atoms with Crippen LogP contribution in [-0.2, 0) is 17.1 Å². The molecule has 2 aromatic rings. The van der Waals surface area contributed by atoms with E-state index in [1.165, 1.54) is 12.0 Å². The first-order chi connectivity index (χ1) is 18.5. The lowest BCUT2D eigenvalue weighted by Gasteiger charge is -2.28. The fourth-order valence-corrected chi connectivity index (χ4v) is 5.83. The van der Waals surface area contributed by atoms with Gasteiger partial charge < -0.3 is 9.47 Å². The fourth-order valence-electron chi connectivity index (χ4n) is 5.49. The number of amides is 1. The topological polar surface area (TPSA) is 51.7 Å². The normalized spacial score (nSPS) is 21.9. The maximum atomic E-state index is 13.5. The third-order valence-corrected chi connectivity index (χ3v) is 7.90. The van der Waals surface area contributed by atoms with Crippen LogP contribution in [0.5, 0.6) is 5.75 Å². The lowest BCUT2D eigenvalue weighted by Crippen LogP contribution is -2.34. The summed E-state index contributed by atoms with van der Waals surface area (Å²) in [7, 11) is 1.53. The highest BCUT2D eigenvalue weighted by Crippen LogP contribution is 2.45. The fraction of sp³-hybridized carbons (Fsp3) is 0.500. The van der Waals surface area contributed by atoms with Crippen molar-refractivity contribution < 1.29 is 40.6 Å². The predicted octanol–water partition coefficient (Wildman–Crippen LogP) is 8.83. The maximum Gasteiger partial charge on any atom is 0.416 e. The number of hydrogen-bond donors (Lipinski definition) is 0. The SMILES string of the molecule is COc1cnc(Br)cc1C1=C(CN2C(=O)OC(c3cc(C(F)(F)F)cc(C(F)(F)F)c3)C2C)CC(C)(C)CCC1. The van der Waals surface area contributed by atoms with E-state index in [0.717, 1.165) is 29.6 Å². The lowest BCUT2D eigenvalue weighted by atomic mass is 9.82. The summed E-state index contributed by atoms with van der Waals surface area (Å²) >= 11 is 3.40. The number of ether oxygens (including phenoxy) is 2. The van der Waals surface area contributed by atoms with E-state index in [9.17, 15) is 31.1 Å². The molecule has 0 spiro atoms. The third kappa shape index (κ3) is 6.42. The van der Waals surface area contributed by atoms with Gasteiger partial charge in [0.25, 0.3) is 0 Å². The summed E-state index contributed by atoms with van der Waals surface area (Å²) in [5, 5.41) is 0. The van der Waals surface area contributed by atoms with Crippen molar-refractivity contribution in [1.29, 1.82) is 0 Å². The minimum absolute atomic E-state index is 0.0631. The molecule has 1 fully saturated rings. The lowest BCUT2D eigenvalue weighted by molar-refractivity contribution is -0.143. The first kappa shape index (κ1) is 30.2. The van der Waals surface area contributed by atoms with Crippen molar-refractivity contribution in [1.82, 2.24) is 9.88 Å². The van der Waals surface area contributed by atoms with Crippen LogP contribution in [0.3, 0.4) is 0 Å². The van der Waals surface area contributed by atoms with Crippen LogP contribution >= 0.6 is 15.9 Å². The van der Waals surface area contributed by atoms with Gasteiger partial charge in [-0.15, -0.1) is 0 Å². The number of alkyl halides is 6. The highest BCUT2D eigenvalue weighted by Gasteiger charge is 2.44. The zero-order valence-electron chi connectivity index (χ0n) is 22.3. The highest BCUT2D eigenvalue weighted by molar-refractivity contribution is 9.10. The predicted molar refractivity (Wildman–Crippen MR) is 139 cm³/mol. The Bertz CT molecular complexity index is 1290. The first-order valence-electron chi connectivity index (χ1n) is 12.7. The molecule has 0 saturated carbocycles. The molecular weight excluding hydrogens is 606 g/mol. The summed E-state index contributed by atoms with van der Waals surface area (Å²) in [6, 6.07) is 2.30. The number of nitrogens with zero attached hydrogens (tertiary/aromatic N) is 2. The van der Waals surface area contributed by atoms with Crippen molar-refractivity contribution in [2.75, 3.05) is 13.7 Å². The van der Waals surface area contributed by atoms with Gasteiger partial charge >= 0.3 is 18.4 Å². The summed E-state index contributed by atoms with van der Waals surface area (Å²) in [6.45, 7) is 5.90. The Morgan fingerprint density at radius 1 is 1.10 bits per heavy atom. The Kier molecular flexibility index (Phi) is 8.23. The van der Waals surface area contributed by atoms with E-state index < -0.39 is 41.7 Å². The number of halogens is 7. The van der Waals surface area contributed by atoms with Crippen molar-refractivity contribution in [2.24, 2.45) is 5.41 Å². The number of allylic oxidation sites excluding steroid dienone is 1. The van der Waals surface area contributed by atoms with Crippen molar-refractivity contribution in [2.45, 2.75) is 71.0 Å². The molecule has 1 amide bonds. The molecule has 2 heterocycles. The quantitative estimate of drug-likeness (QED) is 0.244. The number of hydrogen-bond acceptors (Lipinski definition) is 4. The van der Waals surface area contributed by atoms with E-state index in [4.69, 9.17) is 9.47 Å². The summed E-state index contributed by atoms with van der Waals surface area (Å²) in [5.41, 5.74) is -0.684. The van der Waals surface area contributed by atoms with Crippen LogP contribution in [0.25, 0.3) is 5.57 Å². The second-order valence-corrected chi connectivity index (χ2v) is 11.8. The molecular formula is C28H29BrF6N2O3. The molecule has 218 valence electrons. The number of carbonyl (C=O) groups is 1. The average Bonchev–Trinajstić information content (AvgIpc) is 3.03. The third-order valence-electron chi connectivity index (χ3n) is 7.47. The molecule has 0 N–H and O–H groups in total. The van der Waals surface area contributed by atoms with Crippen LogP contribution in [0.1, 0.15) is 74.8 Å². The largest absolute Gasteiger partial charge is 0.495 e. The van der Waals surface area contributed by atoms with E-state index >= 15 is 0 Å². The monoisotopic (exact) mass is 634 g/mol. The van der Waals surface area contributed by atoms with Gasteiger partial charge in [-0.25, -0.2) is 9.78 Å². The molecule has 5 nitrogen and oxygen atoms in total. The molecule has 12 heteroatoms. The number of methoxy groups -OCH3 is 1. The van der Waals surface area contributed by atoms with Gasteiger partial charge in [0.15, 0.2) is 0 Å². The molecule has 2 aliphatic rings. The number of carbonyl (C=O) groups excluding carboxylic acids is 1. The number of cyclic esters (lactones) is 1. The average molecular weight is 635 g/mol. The van der Waals surface area contributed by atoms with Gasteiger partial charge in [0, 0.05) is 12.1 Å². The molecule has 2 atom stereocenters. The zero-order valence-corrected chi connectivity index (χ0v) is 23.9. The first-order valence-corrected chi connectivity index (χ1v) is 13.5. The van der Waals surface area contributed by atoms with Gasteiger partial charge in [0.1, 0.15) is 16.5 Å². The Labute approximate surface area is 236 Å². The van der Waals surface area contributed by atoms with Gasteiger partial charge in [-0.2, -0.15) is 26.3 Å². The number of benzene rings is 1. The number of pyridine rings is 1. The molecule has 0 radical (unpaired) electrons. The molecule has 1 aliphatic carbocycles. The van der Waals surface area contributed by atoms with Crippen LogP contribution in [0.2, 0.25) is 0 Å². The van der Waals surface area contributed by atoms with Gasteiger partial charge in [0.2, 0.25) is 0 Å². The van der Waals surface area contributed by atoms with Crippen LogP contribution in [0.4, 0.5) is 31.1 Å². The van der Waals surface area contributed by atoms with E-state index in [1.54, 1.807) is 13.1 Å². The van der Waals surface area contributed by atoms with Gasteiger partial charge in [0.05, 0.1) is 30.5 Å². The van der Waals surface area contributed by atoms with Crippen molar-refractivity contribution >= 4 is 27.6 Å². The zero-order chi connectivity index (χ0) is 29.6. The van der Waals surface area contributed by atoms with E-state index in [-0.39, 0.29) is 23.6 Å². The summed E-state index contributed by atoms with van der Waals surface area (Å²) < 4.78 is 92.4. The summed E-state index contributed by atoms with van der Waals surface area (Å²) in [5.74, 6) is 0.550. The Balaban J connectivity index is 1.75. The minimum Gasteiger partial charge on any atom is -0.495 e. The van der Waals surface area contributed by atoms with Gasteiger partial charge in [-0.1, -0.05) is 13.8 Å². The number of rotatable bonds is 5. The molecule has 1 aliphatic heterocycles. The second-order valence-electron chi connectivity index (χ2n) is 11.0. The smallest absolute Gasteiger partial charge is 0.416 e. The van der Waals surface area contributed by atoms with E-state index in [2.05, 4.69) is 34.8 Å². The molecule has 1 saturated heterocycles. The Morgan fingerprint density at radius 2 is 1.73 bits per heavy atom. The minimum atomic E-state index is -5.01. The summed E-state index contributed by atoms with van der Waals surface area (Å²) in [6.07, 6.45) is -7.44. The number of aromatic nitrogens is 1. The molecule has 4 rings (SSSR count). The molecule has 2 unspecified atom stereocenters. The Hall–Kier alpha value is -2.76. The molecule has 1 aromatic carbocycles. The maximum absolute atomic E-state index is 13.5. The van der Waals surface area contributed by atoms with E-state index in [1.807, 2.05) is 6.07 Å². The molecule has 40 heavy (non-hydrogen) atoms. The van der Waals surface area contributed by atoms with Crippen molar-refractivity contribution in [3.8, 4) is 5.75 Å². The van der Waals surface area contributed by atoms with Crippen molar-refractivity contribution in [3.05, 3.63) is 62.9 Å². The van der Waals surface area contributed by atoms with Gasteiger partial charge in [-0.05, 0) is 94.9 Å².